The Morgan fingerprint density at radius 2 is 1.68 bits per heavy atom. The molecule has 6 heteroatoms. The van der Waals surface area contributed by atoms with Gasteiger partial charge >= 0.3 is 0 Å². The lowest BCUT2D eigenvalue weighted by atomic mass is 9.93. The van der Waals surface area contributed by atoms with E-state index >= 15 is 0 Å². The van der Waals surface area contributed by atoms with Gasteiger partial charge in [0.25, 0.3) is 5.91 Å². The van der Waals surface area contributed by atoms with Crippen molar-refractivity contribution in [2.75, 3.05) is 6.26 Å². The minimum absolute atomic E-state index is 0.131. The van der Waals surface area contributed by atoms with Gasteiger partial charge < -0.3 is 14.8 Å². The van der Waals surface area contributed by atoms with Crippen LogP contribution >= 0.6 is 11.8 Å². The minimum atomic E-state index is -1.04. The van der Waals surface area contributed by atoms with Gasteiger partial charge in [0.2, 0.25) is 5.91 Å². The second-order valence-electron chi connectivity index (χ2n) is 8.86. The summed E-state index contributed by atoms with van der Waals surface area (Å²) in [5.74, 6) is -0.289. The van der Waals surface area contributed by atoms with E-state index in [4.69, 9.17) is 0 Å². The fourth-order valence-corrected chi connectivity index (χ4v) is 5.04. The number of amides is 2. The van der Waals surface area contributed by atoms with E-state index in [0.29, 0.717) is 25.3 Å². The zero-order valence-electron chi connectivity index (χ0n) is 19.3. The number of thioether (sulfide) groups is 1. The van der Waals surface area contributed by atoms with Crippen LogP contribution < -0.4 is 5.32 Å². The van der Waals surface area contributed by atoms with Crippen LogP contribution in [0.2, 0.25) is 0 Å². The predicted molar refractivity (Wildman–Crippen MR) is 137 cm³/mol. The zero-order chi connectivity index (χ0) is 23.7. The number of nitrogens with zero attached hydrogens (tertiary/aromatic N) is 2. The lowest BCUT2D eigenvalue weighted by molar-refractivity contribution is -0.133. The van der Waals surface area contributed by atoms with Crippen LogP contribution in [0.4, 0.5) is 0 Å². The van der Waals surface area contributed by atoms with Crippen LogP contribution in [0.5, 0.6) is 0 Å². The number of carbonyl (C=O) groups excluding carboxylic acids is 2. The van der Waals surface area contributed by atoms with Crippen molar-refractivity contribution in [3.8, 4) is 0 Å². The van der Waals surface area contributed by atoms with Gasteiger partial charge in [-0.15, -0.1) is 11.8 Å². The molecule has 0 radical (unpaired) electrons. The average molecular weight is 470 g/mol. The van der Waals surface area contributed by atoms with Gasteiger partial charge in [-0.1, -0.05) is 60.7 Å². The first-order valence-electron chi connectivity index (χ1n) is 11.3. The first kappa shape index (κ1) is 22.3. The molecule has 34 heavy (non-hydrogen) atoms. The number of benzene rings is 3. The molecule has 1 aliphatic rings. The number of para-hydroxylation sites is 1. The van der Waals surface area contributed by atoms with E-state index < -0.39 is 5.54 Å². The van der Waals surface area contributed by atoms with Crippen LogP contribution in [0, 0.1) is 0 Å². The Balaban J connectivity index is 1.52. The Morgan fingerprint density at radius 3 is 2.41 bits per heavy atom. The van der Waals surface area contributed by atoms with Crippen LogP contribution in [-0.2, 0) is 24.4 Å². The summed E-state index contributed by atoms with van der Waals surface area (Å²) in [6, 6.07) is 27.9. The number of nitrogens with one attached hydrogen (secondary N) is 1. The van der Waals surface area contributed by atoms with Crippen molar-refractivity contribution < 1.29 is 9.59 Å². The number of rotatable bonds is 6. The largest absolute Gasteiger partial charge is 0.350 e. The van der Waals surface area contributed by atoms with Crippen LogP contribution in [0.25, 0.3) is 10.9 Å². The van der Waals surface area contributed by atoms with E-state index in [9.17, 15) is 9.59 Å². The summed E-state index contributed by atoms with van der Waals surface area (Å²) >= 11 is 1.68. The van der Waals surface area contributed by atoms with Crippen molar-refractivity contribution >= 4 is 34.5 Å². The van der Waals surface area contributed by atoms with Crippen LogP contribution in [0.3, 0.4) is 0 Å². The normalized spacial score (nSPS) is 17.6. The summed E-state index contributed by atoms with van der Waals surface area (Å²) in [4.78, 5) is 30.4. The van der Waals surface area contributed by atoms with Gasteiger partial charge in [-0.3, -0.25) is 9.59 Å². The lowest BCUT2D eigenvalue weighted by Gasteiger charge is -2.44. The highest BCUT2D eigenvalue weighted by atomic mass is 32.2. The summed E-state index contributed by atoms with van der Waals surface area (Å²) in [5.41, 5.74) is 2.57. The maximum absolute atomic E-state index is 13.8. The molecule has 1 atom stereocenters. The van der Waals surface area contributed by atoms with Crippen LogP contribution in [0.15, 0.2) is 89.8 Å². The number of aromatic nitrogens is 1. The molecule has 1 N–H and O–H groups in total. The molecular formula is C28H27N3O2S. The second-order valence-corrected chi connectivity index (χ2v) is 9.74. The Bertz CT molecular complexity index is 1350. The molecule has 0 aliphatic carbocycles. The van der Waals surface area contributed by atoms with Gasteiger partial charge in [0, 0.05) is 28.9 Å². The molecule has 2 amide bonds. The fraction of sp³-hybridized carbons (Fsp3) is 0.214. The summed E-state index contributed by atoms with van der Waals surface area (Å²) in [5, 5.41) is 4.09. The third-order valence-electron chi connectivity index (χ3n) is 6.62. The average Bonchev–Trinajstić information content (AvgIpc) is 3.24. The van der Waals surface area contributed by atoms with Crippen molar-refractivity contribution in [3.63, 3.8) is 0 Å². The highest BCUT2D eigenvalue weighted by molar-refractivity contribution is 7.98. The minimum Gasteiger partial charge on any atom is -0.350 e. The van der Waals surface area contributed by atoms with Crippen molar-refractivity contribution in [1.29, 1.82) is 0 Å². The fourth-order valence-electron chi connectivity index (χ4n) is 4.64. The van der Waals surface area contributed by atoms with E-state index in [-0.39, 0.29) is 11.8 Å². The third-order valence-corrected chi connectivity index (χ3v) is 7.36. The van der Waals surface area contributed by atoms with Crippen molar-refractivity contribution in [2.24, 2.45) is 0 Å². The van der Waals surface area contributed by atoms with E-state index in [2.05, 4.69) is 17.4 Å². The van der Waals surface area contributed by atoms with Gasteiger partial charge in [-0.25, -0.2) is 0 Å². The van der Waals surface area contributed by atoms with Gasteiger partial charge in [-0.2, -0.15) is 0 Å². The van der Waals surface area contributed by atoms with Gasteiger partial charge in [0.15, 0.2) is 0 Å². The van der Waals surface area contributed by atoms with E-state index in [1.165, 1.54) is 0 Å². The number of fused-ring (bicyclic) bond motifs is 3. The maximum Gasteiger partial charge on any atom is 0.271 e. The summed E-state index contributed by atoms with van der Waals surface area (Å²) < 4.78 is 1.99. The van der Waals surface area contributed by atoms with Gasteiger partial charge in [-0.05, 0) is 48.6 Å². The molecule has 4 aromatic rings. The molecule has 5 rings (SSSR count). The molecule has 0 bridgehead atoms. The summed E-state index contributed by atoms with van der Waals surface area (Å²) in [6.07, 6.45) is 2.04. The molecule has 0 saturated heterocycles. The van der Waals surface area contributed by atoms with Crippen LogP contribution in [-0.4, -0.2) is 33.1 Å². The third kappa shape index (κ3) is 3.99. The molecule has 0 fully saturated rings. The smallest absolute Gasteiger partial charge is 0.271 e. The van der Waals surface area contributed by atoms with E-state index in [0.717, 1.165) is 26.9 Å². The summed E-state index contributed by atoms with van der Waals surface area (Å²) in [7, 11) is 0. The monoisotopic (exact) mass is 469 g/mol. The van der Waals surface area contributed by atoms with Crippen molar-refractivity contribution in [2.45, 2.75) is 37.0 Å². The van der Waals surface area contributed by atoms with E-state index in [1.807, 2.05) is 90.5 Å². The molecule has 3 aromatic carbocycles. The Kier molecular flexibility index (Phi) is 5.92. The Labute approximate surface area is 203 Å². The molecule has 172 valence electrons. The predicted octanol–water partition coefficient (Wildman–Crippen LogP) is 5.09. The summed E-state index contributed by atoms with van der Waals surface area (Å²) in [6.45, 7) is 3.05. The molecule has 5 nitrogen and oxygen atoms in total. The highest BCUT2D eigenvalue weighted by Crippen LogP contribution is 2.33. The molecule has 0 saturated carbocycles. The molecular weight excluding hydrogens is 442 g/mol. The second kappa shape index (κ2) is 9.03. The number of hydrogen-bond acceptors (Lipinski definition) is 3. The molecule has 1 aromatic heterocycles. The van der Waals surface area contributed by atoms with E-state index in [1.54, 1.807) is 16.7 Å². The number of hydrogen-bond donors (Lipinski definition) is 1. The first-order chi connectivity index (χ1) is 16.5. The SMILES string of the molecule is CSc1ccc(CN2C(=O)c3cc4ccccc4n3C[C@@]2(C)C(=O)NCc2ccccc2)cc1. The molecule has 2 heterocycles. The Morgan fingerprint density at radius 1 is 0.971 bits per heavy atom. The zero-order valence-corrected chi connectivity index (χ0v) is 20.1. The maximum atomic E-state index is 13.8. The molecule has 0 unspecified atom stereocenters. The van der Waals surface area contributed by atoms with Gasteiger partial charge in [0.1, 0.15) is 11.2 Å². The molecule has 1 aliphatic heterocycles. The standard InChI is InChI=1S/C28H27N3O2S/c1-28(27(33)29-17-20-8-4-3-5-9-20)19-30-24-11-7-6-10-22(24)16-25(30)26(32)31(28)18-21-12-14-23(34-2)15-13-21/h3-16H,17-19H2,1-2H3,(H,29,33)/t28-/m0/s1. The lowest BCUT2D eigenvalue weighted by Crippen LogP contribution is -2.63. The number of carbonyl (C=O) groups is 2. The van der Waals surface area contributed by atoms with Crippen molar-refractivity contribution in [1.82, 2.24) is 14.8 Å². The first-order valence-corrected chi connectivity index (χ1v) is 12.6. The Hall–Kier alpha value is -3.51. The topological polar surface area (TPSA) is 54.3 Å². The van der Waals surface area contributed by atoms with Crippen molar-refractivity contribution in [3.05, 3.63) is 102 Å². The molecule has 0 spiro atoms. The highest BCUT2D eigenvalue weighted by Gasteiger charge is 2.47. The quantitative estimate of drug-likeness (QED) is 0.400. The van der Waals surface area contributed by atoms with Crippen LogP contribution in [0.1, 0.15) is 28.5 Å². The van der Waals surface area contributed by atoms with Gasteiger partial charge in [0.05, 0.1) is 6.54 Å².